The Balaban J connectivity index is 0.00000256. The minimum Gasteiger partial charge on any atom is -0.496 e. The number of carbonyl (C=O) groups excluding carboxylic acids is 1. The molecule has 0 amide bonds. The predicted octanol–water partition coefficient (Wildman–Crippen LogP) is 1.82. The van der Waals surface area contributed by atoms with Crippen molar-refractivity contribution in [2.24, 2.45) is 5.73 Å². The molecule has 0 aliphatic carbocycles. The highest BCUT2D eigenvalue weighted by Gasteiger charge is 2.16. The van der Waals surface area contributed by atoms with Crippen LogP contribution >= 0.6 is 12.4 Å². The summed E-state index contributed by atoms with van der Waals surface area (Å²) >= 11 is 0. The van der Waals surface area contributed by atoms with Crippen molar-refractivity contribution in [3.8, 4) is 5.75 Å². The van der Waals surface area contributed by atoms with Crippen LogP contribution in [0.1, 0.15) is 18.0 Å². The van der Waals surface area contributed by atoms with Crippen LogP contribution < -0.4 is 10.5 Å². The molecule has 96 valence electrons. The van der Waals surface area contributed by atoms with E-state index in [4.69, 9.17) is 10.5 Å². The molecule has 4 nitrogen and oxygen atoms in total. The van der Waals surface area contributed by atoms with E-state index >= 15 is 0 Å². The third-order valence-corrected chi connectivity index (χ3v) is 2.21. The molecule has 0 heterocycles. The van der Waals surface area contributed by atoms with Gasteiger partial charge in [0, 0.05) is 17.7 Å². The number of methoxy groups -OCH3 is 2. The minimum atomic E-state index is -0.567. The quantitative estimate of drug-likeness (QED) is 0.842. The van der Waals surface area contributed by atoms with Crippen molar-refractivity contribution >= 4 is 18.4 Å². The highest BCUT2D eigenvalue weighted by Crippen LogP contribution is 2.26. The summed E-state index contributed by atoms with van der Waals surface area (Å²) in [6.45, 7) is 0. The van der Waals surface area contributed by atoms with Crippen molar-refractivity contribution in [1.29, 1.82) is 0 Å². The number of carbonyl (C=O) groups is 1. The van der Waals surface area contributed by atoms with Gasteiger partial charge >= 0.3 is 5.97 Å². The van der Waals surface area contributed by atoms with Gasteiger partial charge in [-0.3, -0.25) is 4.79 Å². The number of rotatable bonds is 4. The number of ether oxygens (including phenoxy) is 2. The van der Waals surface area contributed by atoms with Gasteiger partial charge in [0.05, 0.1) is 20.6 Å². The fraction of sp³-hybridized carbons (Fsp3) is 0.364. The van der Waals surface area contributed by atoms with E-state index in [9.17, 15) is 9.18 Å². The predicted molar refractivity (Wildman–Crippen MR) is 63.8 cm³/mol. The molecule has 2 N–H and O–H groups in total. The molecule has 0 unspecified atom stereocenters. The Bertz CT molecular complexity index is 387. The number of halogens is 2. The Kier molecular flexibility index (Phi) is 6.53. The highest BCUT2D eigenvalue weighted by molar-refractivity contribution is 5.85. The van der Waals surface area contributed by atoms with Gasteiger partial charge in [0.15, 0.2) is 0 Å². The summed E-state index contributed by atoms with van der Waals surface area (Å²) in [6.07, 6.45) is 0.0263. The van der Waals surface area contributed by atoms with Crippen LogP contribution in [-0.4, -0.2) is 20.2 Å². The Hall–Kier alpha value is -1.33. The van der Waals surface area contributed by atoms with Crippen molar-refractivity contribution in [1.82, 2.24) is 0 Å². The normalized spacial score (nSPS) is 11.3. The summed E-state index contributed by atoms with van der Waals surface area (Å²) in [4.78, 5) is 11.0. The van der Waals surface area contributed by atoms with Gasteiger partial charge < -0.3 is 15.2 Å². The third kappa shape index (κ3) is 4.20. The molecule has 17 heavy (non-hydrogen) atoms. The smallest absolute Gasteiger partial charge is 0.307 e. The zero-order valence-electron chi connectivity index (χ0n) is 9.60. The molecule has 0 radical (unpaired) electrons. The van der Waals surface area contributed by atoms with E-state index in [-0.39, 0.29) is 18.8 Å². The largest absolute Gasteiger partial charge is 0.496 e. The van der Waals surface area contributed by atoms with E-state index in [0.29, 0.717) is 11.3 Å². The maximum Gasteiger partial charge on any atom is 0.307 e. The Morgan fingerprint density at radius 3 is 2.65 bits per heavy atom. The van der Waals surface area contributed by atoms with Crippen molar-refractivity contribution < 1.29 is 18.7 Å². The molecule has 6 heteroatoms. The van der Waals surface area contributed by atoms with Crippen LogP contribution in [0.2, 0.25) is 0 Å². The van der Waals surface area contributed by atoms with Gasteiger partial charge in [0.1, 0.15) is 11.6 Å². The van der Waals surface area contributed by atoms with Crippen LogP contribution in [0.3, 0.4) is 0 Å². The fourth-order valence-electron chi connectivity index (χ4n) is 1.36. The zero-order valence-corrected chi connectivity index (χ0v) is 10.4. The van der Waals surface area contributed by atoms with E-state index in [2.05, 4.69) is 4.74 Å². The van der Waals surface area contributed by atoms with E-state index in [1.807, 2.05) is 0 Å². The van der Waals surface area contributed by atoms with E-state index in [0.717, 1.165) is 0 Å². The molecule has 0 saturated heterocycles. The SMILES string of the molecule is COC(=O)C[C@H](N)c1ccc(F)cc1OC.Cl. The monoisotopic (exact) mass is 263 g/mol. The van der Waals surface area contributed by atoms with Gasteiger partial charge in [-0.1, -0.05) is 6.07 Å². The molecular weight excluding hydrogens is 249 g/mol. The van der Waals surface area contributed by atoms with Crippen molar-refractivity contribution in [3.63, 3.8) is 0 Å². The summed E-state index contributed by atoms with van der Waals surface area (Å²) in [5.41, 5.74) is 6.37. The van der Waals surface area contributed by atoms with Crippen LogP contribution in [0, 0.1) is 5.82 Å². The van der Waals surface area contributed by atoms with Gasteiger partial charge in [0.2, 0.25) is 0 Å². The second kappa shape index (κ2) is 7.09. The third-order valence-electron chi connectivity index (χ3n) is 2.21. The molecule has 0 spiro atoms. The number of hydrogen-bond acceptors (Lipinski definition) is 4. The van der Waals surface area contributed by atoms with E-state index in [1.54, 1.807) is 0 Å². The molecule has 0 bridgehead atoms. The summed E-state index contributed by atoms with van der Waals surface area (Å²) in [6, 6.07) is 3.44. The second-order valence-electron chi connectivity index (χ2n) is 3.27. The Labute approximate surface area is 105 Å². The average Bonchev–Trinajstić information content (AvgIpc) is 2.28. The minimum absolute atomic E-state index is 0. The summed E-state index contributed by atoms with van der Waals surface area (Å²) in [7, 11) is 2.71. The van der Waals surface area contributed by atoms with Gasteiger partial charge in [-0.15, -0.1) is 12.4 Å². The molecule has 1 rings (SSSR count). The lowest BCUT2D eigenvalue weighted by atomic mass is 10.0. The molecule has 0 saturated carbocycles. The molecule has 1 atom stereocenters. The molecule has 1 aromatic rings. The molecule has 0 aliphatic heterocycles. The number of esters is 1. The maximum atomic E-state index is 12.9. The van der Waals surface area contributed by atoms with Crippen LogP contribution in [0.5, 0.6) is 5.75 Å². The first kappa shape index (κ1) is 15.7. The van der Waals surface area contributed by atoms with Gasteiger partial charge in [-0.05, 0) is 6.07 Å². The number of benzene rings is 1. The summed E-state index contributed by atoms with van der Waals surface area (Å²) in [5, 5.41) is 0. The molecule has 0 aliphatic rings. The van der Waals surface area contributed by atoms with Gasteiger partial charge in [-0.2, -0.15) is 0 Å². The molecule has 1 aromatic carbocycles. The molecule has 0 fully saturated rings. The Morgan fingerprint density at radius 2 is 2.12 bits per heavy atom. The van der Waals surface area contributed by atoms with Crippen LogP contribution in [-0.2, 0) is 9.53 Å². The summed E-state index contributed by atoms with van der Waals surface area (Å²) < 4.78 is 22.4. The lowest BCUT2D eigenvalue weighted by Gasteiger charge is -2.14. The first-order chi connectivity index (χ1) is 7.58. The first-order valence-corrected chi connectivity index (χ1v) is 4.74. The first-order valence-electron chi connectivity index (χ1n) is 4.74. The summed E-state index contributed by atoms with van der Waals surface area (Å²) in [5.74, 6) is -0.499. The highest BCUT2D eigenvalue weighted by atomic mass is 35.5. The number of hydrogen-bond donors (Lipinski definition) is 1. The van der Waals surface area contributed by atoms with Gasteiger partial charge in [0.25, 0.3) is 0 Å². The Morgan fingerprint density at radius 1 is 1.47 bits per heavy atom. The molecular formula is C11H15ClFNO3. The van der Waals surface area contributed by atoms with Crippen molar-refractivity contribution in [2.45, 2.75) is 12.5 Å². The van der Waals surface area contributed by atoms with Crippen LogP contribution in [0.4, 0.5) is 4.39 Å². The average molecular weight is 264 g/mol. The topological polar surface area (TPSA) is 61.5 Å². The van der Waals surface area contributed by atoms with Crippen LogP contribution in [0.25, 0.3) is 0 Å². The molecule has 0 aromatic heterocycles. The second-order valence-corrected chi connectivity index (χ2v) is 3.27. The van der Waals surface area contributed by atoms with Gasteiger partial charge in [-0.25, -0.2) is 4.39 Å². The van der Waals surface area contributed by atoms with Crippen LogP contribution in [0.15, 0.2) is 18.2 Å². The number of nitrogens with two attached hydrogens (primary N) is 1. The van der Waals surface area contributed by atoms with Crippen molar-refractivity contribution in [3.05, 3.63) is 29.6 Å². The van der Waals surface area contributed by atoms with E-state index < -0.39 is 17.8 Å². The lowest BCUT2D eigenvalue weighted by molar-refractivity contribution is -0.141. The van der Waals surface area contributed by atoms with Crippen molar-refractivity contribution in [2.75, 3.05) is 14.2 Å². The standard InChI is InChI=1S/C11H14FNO3.ClH/c1-15-10-5-7(12)3-4-8(10)9(13)6-11(14)16-2;/h3-5,9H,6,13H2,1-2H3;1H/t9-;/m0./s1. The zero-order chi connectivity index (χ0) is 12.1. The maximum absolute atomic E-state index is 12.9. The fourth-order valence-corrected chi connectivity index (χ4v) is 1.36. The van der Waals surface area contributed by atoms with E-state index in [1.165, 1.54) is 32.4 Å². The lowest BCUT2D eigenvalue weighted by Crippen LogP contribution is -2.17.